The van der Waals surface area contributed by atoms with Gasteiger partial charge in [0.2, 0.25) is 5.91 Å². The zero-order chi connectivity index (χ0) is 15.2. The summed E-state index contributed by atoms with van der Waals surface area (Å²) < 4.78 is 0. The molecule has 4 N–H and O–H groups in total. The van der Waals surface area contributed by atoms with Gasteiger partial charge in [0, 0.05) is 18.4 Å². The molecule has 1 atom stereocenters. The highest BCUT2D eigenvalue weighted by Gasteiger charge is 2.13. The number of carbonyl (C=O) groups is 1. The lowest BCUT2D eigenvalue weighted by atomic mass is 10.1. The molecule has 2 aromatic rings. The molecule has 1 amide bonds. The molecule has 1 heterocycles. The Hall–Kier alpha value is -2.40. The van der Waals surface area contributed by atoms with Gasteiger partial charge in [0.05, 0.1) is 6.04 Å². The number of nitrogens with zero attached hydrogens (tertiary/aromatic N) is 1. The van der Waals surface area contributed by atoms with Crippen LogP contribution in [0.5, 0.6) is 5.75 Å². The lowest BCUT2D eigenvalue weighted by molar-refractivity contribution is -0.122. The number of aryl methyl sites for hydroxylation is 1. The molecule has 0 aliphatic rings. The van der Waals surface area contributed by atoms with E-state index in [2.05, 4.69) is 10.3 Å². The van der Waals surface area contributed by atoms with Crippen molar-refractivity contribution in [3.8, 4) is 5.75 Å². The van der Waals surface area contributed by atoms with E-state index in [-0.39, 0.29) is 11.7 Å². The van der Waals surface area contributed by atoms with Crippen molar-refractivity contribution < 1.29 is 9.90 Å². The number of aromatic nitrogens is 1. The molecular formula is C16H19N3O2. The Labute approximate surface area is 123 Å². The Kier molecular flexibility index (Phi) is 4.90. The van der Waals surface area contributed by atoms with Crippen LogP contribution in [-0.4, -0.2) is 22.0 Å². The summed E-state index contributed by atoms with van der Waals surface area (Å²) in [6.45, 7) is 2.32. The molecule has 0 aliphatic heterocycles. The van der Waals surface area contributed by atoms with Crippen molar-refractivity contribution in [1.82, 2.24) is 10.3 Å². The van der Waals surface area contributed by atoms with Crippen LogP contribution < -0.4 is 11.1 Å². The maximum Gasteiger partial charge on any atom is 0.237 e. The van der Waals surface area contributed by atoms with Crippen LogP contribution in [0.25, 0.3) is 0 Å². The van der Waals surface area contributed by atoms with Gasteiger partial charge in [0.25, 0.3) is 0 Å². The predicted octanol–water partition coefficient (Wildman–Crippen LogP) is 1.28. The molecule has 0 saturated carbocycles. The highest BCUT2D eigenvalue weighted by molar-refractivity contribution is 5.81. The molecule has 2 rings (SSSR count). The first kappa shape index (κ1) is 15.0. The fourth-order valence-corrected chi connectivity index (χ4v) is 1.90. The summed E-state index contributed by atoms with van der Waals surface area (Å²) in [5, 5.41) is 12.0. The van der Waals surface area contributed by atoms with Gasteiger partial charge in [-0.05, 0) is 42.7 Å². The van der Waals surface area contributed by atoms with Crippen LogP contribution in [0.3, 0.4) is 0 Å². The largest absolute Gasteiger partial charge is 0.508 e. The van der Waals surface area contributed by atoms with E-state index in [9.17, 15) is 9.90 Å². The Morgan fingerprint density at radius 1 is 1.24 bits per heavy atom. The first-order chi connectivity index (χ1) is 10.0. The van der Waals surface area contributed by atoms with Crippen molar-refractivity contribution in [1.29, 1.82) is 0 Å². The number of hydrogen-bond donors (Lipinski definition) is 3. The fourth-order valence-electron chi connectivity index (χ4n) is 1.90. The van der Waals surface area contributed by atoms with Crippen LogP contribution in [0, 0.1) is 6.92 Å². The second kappa shape index (κ2) is 6.85. The fraction of sp³-hybridized carbons (Fsp3) is 0.250. The Morgan fingerprint density at radius 3 is 2.52 bits per heavy atom. The van der Waals surface area contributed by atoms with Gasteiger partial charge in [-0.2, -0.15) is 0 Å². The maximum absolute atomic E-state index is 11.9. The van der Waals surface area contributed by atoms with Gasteiger partial charge in [-0.25, -0.2) is 0 Å². The third-order valence-electron chi connectivity index (χ3n) is 3.17. The third kappa shape index (κ3) is 4.57. The number of amides is 1. The molecule has 0 radical (unpaired) electrons. The number of benzene rings is 1. The Morgan fingerprint density at radius 2 is 1.90 bits per heavy atom. The zero-order valence-corrected chi connectivity index (χ0v) is 11.9. The first-order valence-corrected chi connectivity index (χ1v) is 6.77. The highest BCUT2D eigenvalue weighted by atomic mass is 16.3. The van der Waals surface area contributed by atoms with Crippen LogP contribution in [0.2, 0.25) is 0 Å². The molecule has 5 heteroatoms. The highest BCUT2D eigenvalue weighted by Crippen LogP contribution is 2.11. The summed E-state index contributed by atoms with van der Waals surface area (Å²) in [7, 11) is 0. The van der Waals surface area contributed by atoms with Gasteiger partial charge in [-0.3, -0.25) is 9.78 Å². The first-order valence-electron chi connectivity index (χ1n) is 6.77. The molecule has 0 unspecified atom stereocenters. The predicted molar refractivity (Wildman–Crippen MR) is 80.6 cm³/mol. The van der Waals surface area contributed by atoms with E-state index in [4.69, 9.17) is 5.73 Å². The smallest absolute Gasteiger partial charge is 0.237 e. The molecule has 1 aromatic heterocycles. The third-order valence-corrected chi connectivity index (χ3v) is 3.17. The summed E-state index contributed by atoms with van der Waals surface area (Å²) >= 11 is 0. The molecule has 1 aromatic carbocycles. The van der Waals surface area contributed by atoms with E-state index >= 15 is 0 Å². The van der Waals surface area contributed by atoms with Crippen LogP contribution in [-0.2, 0) is 17.8 Å². The van der Waals surface area contributed by atoms with Crippen molar-refractivity contribution in [2.75, 3.05) is 0 Å². The number of phenolic OH excluding ortho intramolecular Hbond substituents is 1. The van der Waals surface area contributed by atoms with Crippen LogP contribution in [0.4, 0.5) is 0 Å². The molecule has 5 nitrogen and oxygen atoms in total. The summed E-state index contributed by atoms with van der Waals surface area (Å²) in [6, 6.07) is 9.88. The molecule has 0 spiro atoms. The Balaban J connectivity index is 1.84. The van der Waals surface area contributed by atoms with Gasteiger partial charge in [0.1, 0.15) is 5.75 Å². The average Bonchev–Trinajstić information content (AvgIpc) is 2.48. The lowest BCUT2D eigenvalue weighted by Gasteiger charge is -2.12. The minimum atomic E-state index is -0.618. The second-order valence-corrected chi connectivity index (χ2v) is 5.00. The number of nitrogens with two attached hydrogens (primary N) is 1. The molecule has 0 fully saturated rings. The normalized spacial score (nSPS) is 11.9. The lowest BCUT2D eigenvalue weighted by Crippen LogP contribution is -2.41. The molecule has 0 saturated heterocycles. The molecule has 0 aliphatic carbocycles. The van der Waals surface area contributed by atoms with Crippen molar-refractivity contribution >= 4 is 5.91 Å². The number of hydrogen-bond acceptors (Lipinski definition) is 4. The molecule has 21 heavy (non-hydrogen) atoms. The van der Waals surface area contributed by atoms with Crippen molar-refractivity contribution in [3.63, 3.8) is 0 Å². The molecular weight excluding hydrogens is 266 g/mol. The minimum absolute atomic E-state index is 0.198. The Bertz CT molecular complexity index is 594. The average molecular weight is 285 g/mol. The van der Waals surface area contributed by atoms with E-state index in [0.29, 0.717) is 13.0 Å². The van der Waals surface area contributed by atoms with Gasteiger partial charge >= 0.3 is 0 Å². The number of aromatic hydroxyl groups is 1. The quantitative estimate of drug-likeness (QED) is 0.772. The number of carbonyl (C=O) groups excluding carboxylic acids is 1. The van der Waals surface area contributed by atoms with Gasteiger partial charge in [-0.1, -0.05) is 18.2 Å². The summed E-state index contributed by atoms with van der Waals surface area (Å²) in [5.41, 5.74) is 8.67. The SMILES string of the molecule is Cc1ccc(CNC(=O)[C@H](N)Cc2ccc(O)cc2)cn1. The topological polar surface area (TPSA) is 88.2 Å². The van der Waals surface area contributed by atoms with Gasteiger partial charge in [-0.15, -0.1) is 0 Å². The van der Waals surface area contributed by atoms with Crippen LogP contribution in [0.15, 0.2) is 42.6 Å². The van der Waals surface area contributed by atoms with Crippen molar-refractivity contribution in [2.45, 2.75) is 25.9 Å². The van der Waals surface area contributed by atoms with Crippen molar-refractivity contribution in [2.24, 2.45) is 5.73 Å². The summed E-state index contributed by atoms with van der Waals surface area (Å²) in [5.74, 6) is -0.00714. The number of nitrogens with one attached hydrogen (secondary N) is 1. The second-order valence-electron chi connectivity index (χ2n) is 5.00. The van der Waals surface area contributed by atoms with E-state index in [1.807, 2.05) is 19.1 Å². The van der Waals surface area contributed by atoms with E-state index < -0.39 is 6.04 Å². The maximum atomic E-state index is 11.9. The monoisotopic (exact) mass is 285 g/mol. The van der Waals surface area contributed by atoms with E-state index in [0.717, 1.165) is 16.8 Å². The van der Waals surface area contributed by atoms with Gasteiger partial charge in [0.15, 0.2) is 0 Å². The summed E-state index contributed by atoms with van der Waals surface area (Å²) in [6.07, 6.45) is 2.17. The summed E-state index contributed by atoms with van der Waals surface area (Å²) in [4.78, 5) is 16.1. The standard InChI is InChI=1S/C16H19N3O2/c1-11-2-3-13(9-18-11)10-19-16(21)15(17)8-12-4-6-14(20)7-5-12/h2-7,9,15,20H,8,10,17H2,1H3,(H,19,21)/t15-/m1/s1. The zero-order valence-electron chi connectivity index (χ0n) is 11.9. The van der Waals surface area contributed by atoms with E-state index in [1.54, 1.807) is 30.5 Å². The number of phenols is 1. The number of pyridine rings is 1. The van der Waals surface area contributed by atoms with Crippen LogP contribution >= 0.6 is 0 Å². The van der Waals surface area contributed by atoms with Crippen molar-refractivity contribution in [3.05, 3.63) is 59.4 Å². The number of rotatable bonds is 5. The molecule has 110 valence electrons. The van der Waals surface area contributed by atoms with Crippen LogP contribution in [0.1, 0.15) is 16.8 Å². The molecule has 0 bridgehead atoms. The van der Waals surface area contributed by atoms with E-state index in [1.165, 1.54) is 0 Å². The minimum Gasteiger partial charge on any atom is -0.508 e. The van der Waals surface area contributed by atoms with Gasteiger partial charge < -0.3 is 16.2 Å².